The van der Waals surface area contributed by atoms with E-state index < -0.39 is 5.60 Å². The zero-order valence-electron chi connectivity index (χ0n) is 9.70. The van der Waals surface area contributed by atoms with Gasteiger partial charge in [-0.05, 0) is 18.9 Å². The molecule has 15 heavy (non-hydrogen) atoms. The van der Waals surface area contributed by atoms with E-state index in [2.05, 4.69) is 0 Å². The summed E-state index contributed by atoms with van der Waals surface area (Å²) in [6.07, 6.45) is 2.24. The number of amides is 1. The number of aliphatic hydroxyl groups is 1. The summed E-state index contributed by atoms with van der Waals surface area (Å²) in [6.45, 7) is 5.54. The van der Waals surface area contributed by atoms with Crippen LogP contribution in [0.1, 0.15) is 33.1 Å². The van der Waals surface area contributed by atoms with E-state index in [0.717, 1.165) is 12.8 Å². The first-order valence-electron chi connectivity index (χ1n) is 5.71. The minimum atomic E-state index is -0.615. The van der Waals surface area contributed by atoms with Crippen LogP contribution in [0.2, 0.25) is 0 Å². The Balaban J connectivity index is 2.29. The predicted molar refractivity (Wildman–Crippen MR) is 59.3 cm³/mol. The molecule has 0 aromatic rings. The summed E-state index contributed by atoms with van der Waals surface area (Å²) >= 11 is 0. The van der Waals surface area contributed by atoms with Crippen molar-refractivity contribution in [3.63, 3.8) is 0 Å². The van der Waals surface area contributed by atoms with Gasteiger partial charge in [-0.15, -0.1) is 0 Å². The molecule has 4 nitrogen and oxygen atoms in total. The van der Waals surface area contributed by atoms with Gasteiger partial charge in [-0.3, -0.25) is 4.79 Å². The first-order chi connectivity index (χ1) is 7.00. The normalized spacial score (nSPS) is 20.9. The van der Waals surface area contributed by atoms with E-state index in [1.165, 1.54) is 0 Å². The summed E-state index contributed by atoms with van der Waals surface area (Å²) in [5.41, 5.74) is 4.85. The Morgan fingerprint density at radius 2 is 2.20 bits per heavy atom. The first-order valence-corrected chi connectivity index (χ1v) is 5.71. The van der Waals surface area contributed by atoms with E-state index in [0.29, 0.717) is 26.1 Å². The maximum atomic E-state index is 11.6. The van der Waals surface area contributed by atoms with Crippen molar-refractivity contribution in [2.45, 2.75) is 38.7 Å². The lowest BCUT2D eigenvalue weighted by Crippen LogP contribution is -2.63. The van der Waals surface area contributed by atoms with Crippen molar-refractivity contribution in [1.29, 1.82) is 0 Å². The number of carbonyl (C=O) groups is 1. The van der Waals surface area contributed by atoms with Gasteiger partial charge in [0.1, 0.15) is 0 Å². The van der Waals surface area contributed by atoms with Crippen molar-refractivity contribution in [3.8, 4) is 0 Å². The Labute approximate surface area is 91.4 Å². The van der Waals surface area contributed by atoms with Gasteiger partial charge in [0, 0.05) is 6.42 Å². The van der Waals surface area contributed by atoms with E-state index in [9.17, 15) is 9.90 Å². The van der Waals surface area contributed by atoms with Gasteiger partial charge < -0.3 is 15.7 Å². The third-order valence-electron chi connectivity index (χ3n) is 2.96. The van der Waals surface area contributed by atoms with Gasteiger partial charge in [0.05, 0.1) is 18.7 Å². The average Bonchev–Trinajstić information content (AvgIpc) is 2.14. The quantitative estimate of drug-likeness (QED) is 0.693. The molecule has 88 valence electrons. The molecule has 1 aliphatic rings. The fourth-order valence-electron chi connectivity index (χ4n) is 1.97. The molecule has 1 rings (SSSR count). The molecule has 0 saturated carbocycles. The molecule has 0 spiro atoms. The van der Waals surface area contributed by atoms with E-state index in [-0.39, 0.29) is 11.8 Å². The summed E-state index contributed by atoms with van der Waals surface area (Å²) in [4.78, 5) is 13.4. The Bertz CT molecular complexity index is 225. The fourth-order valence-corrected chi connectivity index (χ4v) is 1.97. The molecule has 1 amide bonds. The number of carbonyl (C=O) groups excluding carboxylic acids is 1. The molecule has 1 saturated heterocycles. The largest absolute Gasteiger partial charge is 0.386 e. The zero-order chi connectivity index (χ0) is 11.5. The number of β-amino-alcohol motifs (C(OH)–C–C–N with tert-alkyl or cyclic N) is 1. The van der Waals surface area contributed by atoms with Crippen molar-refractivity contribution in [2.75, 3.05) is 19.6 Å². The Kier molecular flexibility index (Phi) is 4.11. The van der Waals surface area contributed by atoms with Crippen LogP contribution in [0.25, 0.3) is 0 Å². The summed E-state index contributed by atoms with van der Waals surface area (Å²) in [6, 6.07) is 0. The fraction of sp³-hybridized carbons (Fsp3) is 0.909. The van der Waals surface area contributed by atoms with E-state index in [4.69, 9.17) is 5.73 Å². The number of nitrogens with two attached hydrogens (primary N) is 1. The second-order valence-electron chi connectivity index (χ2n) is 4.77. The smallest absolute Gasteiger partial charge is 0.223 e. The summed E-state index contributed by atoms with van der Waals surface area (Å²) in [7, 11) is 0. The maximum Gasteiger partial charge on any atom is 0.223 e. The molecule has 3 N–H and O–H groups in total. The van der Waals surface area contributed by atoms with Gasteiger partial charge in [0.2, 0.25) is 5.91 Å². The highest BCUT2D eigenvalue weighted by atomic mass is 16.3. The lowest BCUT2D eigenvalue weighted by Gasteiger charge is -2.46. The van der Waals surface area contributed by atoms with Crippen LogP contribution >= 0.6 is 0 Å². The molecule has 0 bridgehead atoms. The van der Waals surface area contributed by atoms with Crippen LogP contribution < -0.4 is 5.73 Å². The lowest BCUT2D eigenvalue weighted by atomic mass is 9.88. The van der Waals surface area contributed by atoms with Gasteiger partial charge in [-0.25, -0.2) is 0 Å². The molecular weight excluding hydrogens is 192 g/mol. The molecule has 0 aromatic heterocycles. The average molecular weight is 214 g/mol. The first kappa shape index (κ1) is 12.5. The molecule has 1 atom stereocenters. The van der Waals surface area contributed by atoms with Gasteiger partial charge in [-0.2, -0.15) is 0 Å². The van der Waals surface area contributed by atoms with Crippen LogP contribution in [-0.2, 0) is 4.79 Å². The third kappa shape index (κ3) is 3.18. The molecule has 0 radical (unpaired) electrons. The molecule has 4 heteroatoms. The topological polar surface area (TPSA) is 66.6 Å². The highest BCUT2D eigenvalue weighted by molar-refractivity contribution is 5.77. The van der Waals surface area contributed by atoms with E-state index in [1.54, 1.807) is 4.90 Å². The Morgan fingerprint density at radius 3 is 2.67 bits per heavy atom. The number of likely N-dealkylation sites (tertiary alicyclic amines) is 1. The minimum absolute atomic E-state index is 0.119. The van der Waals surface area contributed by atoms with Crippen molar-refractivity contribution in [1.82, 2.24) is 4.90 Å². The zero-order valence-corrected chi connectivity index (χ0v) is 9.70. The SMILES string of the molecule is CCCC1(O)CN(C(=O)CC(C)CN)C1. The third-order valence-corrected chi connectivity index (χ3v) is 2.96. The van der Waals surface area contributed by atoms with Crippen molar-refractivity contribution in [3.05, 3.63) is 0 Å². The van der Waals surface area contributed by atoms with E-state index in [1.807, 2.05) is 13.8 Å². The predicted octanol–water partition coefficient (Wildman–Crippen LogP) is 0.345. The van der Waals surface area contributed by atoms with Gasteiger partial charge in [-0.1, -0.05) is 20.3 Å². The lowest BCUT2D eigenvalue weighted by molar-refractivity contribution is -0.157. The van der Waals surface area contributed by atoms with Crippen LogP contribution in [0, 0.1) is 5.92 Å². The number of hydrogen-bond acceptors (Lipinski definition) is 3. The molecular formula is C11H22N2O2. The van der Waals surface area contributed by atoms with Crippen LogP contribution in [0.3, 0.4) is 0 Å². The molecule has 1 unspecified atom stereocenters. The van der Waals surface area contributed by atoms with Crippen LogP contribution in [-0.4, -0.2) is 41.1 Å². The maximum absolute atomic E-state index is 11.6. The van der Waals surface area contributed by atoms with Crippen molar-refractivity contribution in [2.24, 2.45) is 11.7 Å². The summed E-state index contributed by atoms with van der Waals surface area (Å²) in [5.74, 6) is 0.353. The van der Waals surface area contributed by atoms with E-state index >= 15 is 0 Å². The Morgan fingerprint density at radius 1 is 1.60 bits per heavy atom. The Hall–Kier alpha value is -0.610. The second-order valence-corrected chi connectivity index (χ2v) is 4.77. The molecule has 1 heterocycles. The van der Waals surface area contributed by atoms with Crippen molar-refractivity contribution < 1.29 is 9.90 Å². The van der Waals surface area contributed by atoms with Gasteiger partial charge in [0.15, 0.2) is 0 Å². The second kappa shape index (κ2) is 4.94. The molecule has 0 aromatic carbocycles. The highest BCUT2D eigenvalue weighted by Gasteiger charge is 2.42. The monoisotopic (exact) mass is 214 g/mol. The molecule has 0 aliphatic carbocycles. The standard InChI is InChI=1S/C11H22N2O2/c1-3-4-11(15)7-13(8-11)10(14)5-9(2)6-12/h9,15H,3-8,12H2,1-2H3. The molecule has 1 aliphatic heterocycles. The number of nitrogens with zero attached hydrogens (tertiary/aromatic N) is 1. The van der Waals surface area contributed by atoms with Crippen LogP contribution in [0.5, 0.6) is 0 Å². The van der Waals surface area contributed by atoms with Crippen LogP contribution in [0.15, 0.2) is 0 Å². The molecule has 1 fully saturated rings. The minimum Gasteiger partial charge on any atom is -0.386 e. The van der Waals surface area contributed by atoms with Gasteiger partial charge >= 0.3 is 0 Å². The summed E-state index contributed by atoms with van der Waals surface area (Å²) < 4.78 is 0. The van der Waals surface area contributed by atoms with Gasteiger partial charge in [0.25, 0.3) is 0 Å². The number of rotatable bonds is 5. The van der Waals surface area contributed by atoms with Crippen LogP contribution in [0.4, 0.5) is 0 Å². The summed E-state index contributed by atoms with van der Waals surface area (Å²) in [5, 5.41) is 9.90. The van der Waals surface area contributed by atoms with Crippen molar-refractivity contribution >= 4 is 5.91 Å². The highest BCUT2D eigenvalue weighted by Crippen LogP contribution is 2.26. The number of hydrogen-bond donors (Lipinski definition) is 2.